The number of aromatic nitrogens is 1. The molecule has 100 valence electrons. The number of urea groups is 1. The Morgan fingerprint density at radius 3 is 2.95 bits per heavy atom. The molecule has 2 aromatic heterocycles. The van der Waals surface area contributed by atoms with Crippen molar-refractivity contribution in [3.63, 3.8) is 0 Å². The van der Waals surface area contributed by atoms with Gasteiger partial charge in [0.1, 0.15) is 11.8 Å². The summed E-state index contributed by atoms with van der Waals surface area (Å²) in [6.45, 7) is -0.276. The van der Waals surface area contributed by atoms with Gasteiger partial charge in [0.25, 0.3) is 0 Å². The molecule has 0 aromatic carbocycles. The number of carbonyl (C=O) groups excluding carboxylic acids is 1. The van der Waals surface area contributed by atoms with Crippen LogP contribution in [0.3, 0.4) is 0 Å². The fourth-order valence-electron chi connectivity index (χ4n) is 1.49. The molecular formula is C12H12ClN3O3. The molecule has 7 heteroatoms. The van der Waals surface area contributed by atoms with E-state index in [9.17, 15) is 9.90 Å². The van der Waals surface area contributed by atoms with Crippen molar-refractivity contribution in [1.82, 2.24) is 10.3 Å². The molecule has 1 atom stereocenters. The van der Waals surface area contributed by atoms with Gasteiger partial charge in [0.05, 0.1) is 18.6 Å². The second-order valence-corrected chi connectivity index (χ2v) is 4.05. The summed E-state index contributed by atoms with van der Waals surface area (Å²) in [6, 6.07) is 5.48. The highest BCUT2D eigenvalue weighted by molar-refractivity contribution is 6.32. The molecule has 2 amide bonds. The summed E-state index contributed by atoms with van der Waals surface area (Å²) in [7, 11) is 0. The molecule has 0 spiro atoms. The number of hydrogen-bond acceptors (Lipinski definition) is 4. The minimum atomic E-state index is -0.620. The van der Waals surface area contributed by atoms with E-state index in [0.717, 1.165) is 0 Å². The molecule has 0 aliphatic carbocycles. The lowest BCUT2D eigenvalue weighted by Gasteiger charge is -2.14. The van der Waals surface area contributed by atoms with Crippen molar-refractivity contribution in [2.24, 2.45) is 0 Å². The molecule has 0 unspecified atom stereocenters. The number of nitrogens with one attached hydrogen (secondary N) is 2. The zero-order valence-corrected chi connectivity index (χ0v) is 10.6. The highest BCUT2D eigenvalue weighted by atomic mass is 35.5. The second kappa shape index (κ2) is 6.21. The van der Waals surface area contributed by atoms with Crippen molar-refractivity contribution in [3.05, 3.63) is 47.6 Å². The van der Waals surface area contributed by atoms with Crippen molar-refractivity contribution in [1.29, 1.82) is 0 Å². The number of nitrogens with zero attached hydrogens (tertiary/aromatic N) is 1. The van der Waals surface area contributed by atoms with Crippen LogP contribution < -0.4 is 10.6 Å². The number of halogens is 1. The molecule has 3 N–H and O–H groups in total. The van der Waals surface area contributed by atoms with Gasteiger partial charge in [-0.15, -0.1) is 0 Å². The van der Waals surface area contributed by atoms with Gasteiger partial charge in [0.15, 0.2) is 5.15 Å². The van der Waals surface area contributed by atoms with Crippen LogP contribution in [0, 0.1) is 0 Å². The number of rotatable bonds is 4. The Bertz CT molecular complexity index is 545. The number of hydrogen-bond donors (Lipinski definition) is 3. The number of anilines is 1. The van der Waals surface area contributed by atoms with Gasteiger partial charge in [-0.1, -0.05) is 11.6 Å². The summed E-state index contributed by atoms with van der Waals surface area (Å²) in [4.78, 5) is 15.6. The number of pyridine rings is 1. The first-order chi connectivity index (χ1) is 9.20. The fraction of sp³-hybridized carbons (Fsp3) is 0.167. The van der Waals surface area contributed by atoms with E-state index in [-0.39, 0.29) is 11.8 Å². The minimum Gasteiger partial charge on any atom is -0.467 e. The SMILES string of the molecule is O=C(Nc1cccnc1Cl)N[C@H](CO)c1ccco1. The number of furan rings is 1. The third-order valence-electron chi connectivity index (χ3n) is 2.38. The van der Waals surface area contributed by atoms with E-state index in [1.807, 2.05) is 0 Å². The third kappa shape index (κ3) is 3.46. The predicted octanol–water partition coefficient (Wildman–Crippen LogP) is 2.18. The van der Waals surface area contributed by atoms with Crippen LogP contribution in [-0.4, -0.2) is 22.7 Å². The topological polar surface area (TPSA) is 87.4 Å². The number of aliphatic hydroxyl groups excluding tert-OH is 1. The number of aliphatic hydroxyl groups is 1. The molecular weight excluding hydrogens is 270 g/mol. The summed E-state index contributed by atoms with van der Waals surface area (Å²) in [5.74, 6) is 0.468. The largest absolute Gasteiger partial charge is 0.467 e. The molecule has 0 saturated carbocycles. The van der Waals surface area contributed by atoms with Crippen LogP contribution in [-0.2, 0) is 0 Å². The van der Waals surface area contributed by atoms with Crippen LogP contribution in [0.2, 0.25) is 5.15 Å². The van der Waals surface area contributed by atoms with Crippen LogP contribution in [0.25, 0.3) is 0 Å². The summed E-state index contributed by atoms with van der Waals surface area (Å²) in [5, 5.41) is 14.5. The van der Waals surface area contributed by atoms with Crippen LogP contribution in [0.4, 0.5) is 10.5 Å². The fourth-order valence-corrected chi connectivity index (χ4v) is 1.66. The summed E-state index contributed by atoms with van der Waals surface area (Å²) < 4.78 is 5.12. The van der Waals surface area contributed by atoms with Gasteiger partial charge in [-0.25, -0.2) is 9.78 Å². The van der Waals surface area contributed by atoms with E-state index in [2.05, 4.69) is 15.6 Å². The normalized spacial score (nSPS) is 11.9. The van der Waals surface area contributed by atoms with Crippen LogP contribution >= 0.6 is 11.6 Å². The number of amides is 2. The Hall–Kier alpha value is -2.05. The van der Waals surface area contributed by atoms with Gasteiger partial charge in [0, 0.05) is 6.20 Å². The summed E-state index contributed by atoms with van der Waals surface area (Å²) in [5.41, 5.74) is 0.387. The zero-order valence-electron chi connectivity index (χ0n) is 9.84. The lowest BCUT2D eigenvalue weighted by Crippen LogP contribution is -2.34. The summed E-state index contributed by atoms with van der Waals surface area (Å²) in [6.07, 6.45) is 2.99. The van der Waals surface area contributed by atoms with Crippen molar-refractivity contribution >= 4 is 23.3 Å². The highest BCUT2D eigenvalue weighted by Crippen LogP contribution is 2.18. The molecule has 0 aliphatic rings. The molecule has 19 heavy (non-hydrogen) atoms. The molecule has 2 aromatic rings. The quantitative estimate of drug-likeness (QED) is 0.750. The highest BCUT2D eigenvalue weighted by Gasteiger charge is 2.16. The first kappa shape index (κ1) is 13.4. The summed E-state index contributed by atoms with van der Waals surface area (Å²) >= 11 is 5.82. The van der Waals surface area contributed by atoms with E-state index in [1.54, 1.807) is 24.3 Å². The molecule has 6 nitrogen and oxygen atoms in total. The smallest absolute Gasteiger partial charge is 0.320 e. The van der Waals surface area contributed by atoms with Crippen LogP contribution in [0.15, 0.2) is 41.1 Å². The molecule has 2 heterocycles. The average Bonchev–Trinajstić information content (AvgIpc) is 2.92. The van der Waals surface area contributed by atoms with Gasteiger partial charge in [0.2, 0.25) is 0 Å². The molecule has 0 aliphatic heterocycles. The first-order valence-electron chi connectivity index (χ1n) is 5.53. The molecule has 0 saturated heterocycles. The third-order valence-corrected chi connectivity index (χ3v) is 2.68. The lowest BCUT2D eigenvalue weighted by molar-refractivity contribution is 0.215. The number of carbonyl (C=O) groups is 1. The van der Waals surface area contributed by atoms with E-state index in [4.69, 9.17) is 16.0 Å². The Balaban J connectivity index is 1.99. The minimum absolute atomic E-state index is 0.191. The van der Waals surface area contributed by atoms with Gasteiger partial charge in [-0.2, -0.15) is 0 Å². The van der Waals surface area contributed by atoms with Gasteiger partial charge in [-0.3, -0.25) is 0 Å². The average molecular weight is 282 g/mol. The lowest BCUT2D eigenvalue weighted by atomic mass is 10.2. The second-order valence-electron chi connectivity index (χ2n) is 3.69. The molecule has 2 rings (SSSR count). The van der Waals surface area contributed by atoms with E-state index >= 15 is 0 Å². The Morgan fingerprint density at radius 2 is 2.32 bits per heavy atom. The maximum Gasteiger partial charge on any atom is 0.320 e. The van der Waals surface area contributed by atoms with Gasteiger partial charge < -0.3 is 20.2 Å². The standard InChI is InChI=1S/C12H12ClN3O3/c13-11-8(3-1-5-14-11)15-12(18)16-9(7-17)10-4-2-6-19-10/h1-6,9,17H,7H2,(H2,15,16,18)/t9-/m1/s1. The van der Waals surface area contributed by atoms with Crippen LogP contribution in [0.5, 0.6) is 0 Å². The first-order valence-corrected chi connectivity index (χ1v) is 5.91. The van der Waals surface area contributed by atoms with Gasteiger partial charge >= 0.3 is 6.03 Å². The Kier molecular flexibility index (Phi) is 4.38. The van der Waals surface area contributed by atoms with Crippen molar-refractivity contribution in [3.8, 4) is 0 Å². The van der Waals surface area contributed by atoms with Crippen LogP contribution in [0.1, 0.15) is 11.8 Å². The van der Waals surface area contributed by atoms with E-state index in [1.165, 1.54) is 12.5 Å². The van der Waals surface area contributed by atoms with Crippen molar-refractivity contribution < 1.29 is 14.3 Å². The molecule has 0 bridgehead atoms. The zero-order chi connectivity index (χ0) is 13.7. The molecule has 0 radical (unpaired) electrons. The maximum absolute atomic E-state index is 11.8. The monoisotopic (exact) mass is 281 g/mol. The Labute approximate surface area is 114 Å². The molecule has 0 fully saturated rings. The van der Waals surface area contributed by atoms with Gasteiger partial charge in [-0.05, 0) is 24.3 Å². The van der Waals surface area contributed by atoms with E-state index in [0.29, 0.717) is 11.4 Å². The predicted molar refractivity (Wildman–Crippen MR) is 69.9 cm³/mol. The van der Waals surface area contributed by atoms with E-state index < -0.39 is 12.1 Å². The van der Waals surface area contributed by atoms with Crippen molar-refractivity contribution in [2.75, 3.05) is 11.9 Å². The van der Waals surface area contributed by atoms with Crippen molar-refractivity contribution in [2.45, 2.75) is 6.04 Å². The Morgan fingerprint density at radius 1 is 1.47 bits per heavy atom. The maximum atomic E-state index is 11.8.